The topological polar surface area (TPSA) is 99.8 Å². The summed E-state index contributed by atoms with van der Waals surface area (Å²) < 4.78 is 1.48. The molecule has 1 atom stereocenters. The molecule has 0 saturated heterocycles. The van der Waals surface area contributed by atoms with Gasteiger partial charge in [0.05, 0.1) is 18.2 Å². The number of nitrogens with zero attached hydrogens (tertiary/aromatic N) is 3. The van der Waals surface area contributed by atoms with Gasteiger partial charge in [0.25, 0.3) is 0 Å². The van der Waals surface area contributed by atoms with Gasteiger partial charge in [0, 0.05) is 6.20 Å². The van der Waals surface area contributed by atoms with Gasteiger partial charge in [-0.15, -0.1) is 0 Å². The number of nitrogens with one attached hydrogen (secondary N) is 1. The third-order valence-electron chi connectivity index (χ3n) is 3.75. The van der Waals surface area contributed by atoms with Gasteiger partial charge >= 0.3 is 5.97 Å². The fraction of sp³-hybridized carbons (Fsp3) is 0.188. The molecule has 118 valence electrons. The van der Waals surface area contributed by atoms with Crippen LogP contribution in [0.15, 0.2) is 42.9 Å². The van der Waals surface area contributed by atoms with Crippen LogP contribution in [0.5, 0.6) is 0 Å². The molecule has 0 spiro atoms. The number of rotatable bonds is 5. The Morgan fingerprint density at radius 2 is 2.09 bits per heavy atom. The minimum atomic E-state index is -1.01. The maximum Gasteiger partial charge on any atom is 0.337 e. The number of fused-ring (bicyclic) bond motifs is 1. The molecule has 0 aliphatic rings. The number of carboxylic acid groups (broad SMARTS) is 1. The first-order chi connectivity index (χ1) is 11.1. The summed E-state index contributed by atoms with van der Waals surface area (Å²) in [6, 6.07) is 9.13. The monoisotopic (exact) mass is 312 g/mol. The molecule has 0 amide bonds. The predicted molar refractivity (Wildman–Crippen MR) is 84.6 cm³/mol. The van der Waals surface area contributed by atoms with Gasteiger partial charge in [-0.05, 0) is 18.1 Å². The first-order valence-electron chi connectivity index (χ1n) is 7.10. The highest BCUT2D eigenvalue weighted by Crippen LogP contribution is 2.26. The molecule has 7 heteroatoms. The molecule has 3 aromatic rings. The van der Waals surface area contributed by atoms with Crippen molar-refractivity contribution in [3.8, 4) is 0 Å². The van der Waals surface area contributed by atoms with E-state index in [2.05, 4.69) is 15.4 Å². The third kappa shape index (κ3) is 2.74. The molecule has 0 aliphatic heterocycles. The Morgan fingerprint density at radius 3 is 2.74 bits per heavy atom. The minimum Gasteiger partial charge on any atom is -0.478 e. The number of hydrogen-bond acceptors (Lipinski definition) is 5. The van der Waals surface area contributed by atoms with Gasteiger partial charge < -0.3 is 15.5 Å². The lowest BCUT2D eigenvalue weighted by Crippen LogP contribution is -2.16. The Bertz CT molecular complexity index is 845. The van der Waals surface area contributed by atoms with Crippen LogP contribution in [-0.4, -0.2) is 37.4 Å². The van der Waals surface area contributed by atoms with Crippen LogP contribution < -0.4 is 5.32 Å². The van der Waals surface area contributed by atoms with Crippen LogP contribution in [0, 0.1) is 6.92 Å². The van der Waals surface area contributed by atoms with Crippen molar-refractivity contribution in [3.05, 3.63) is 59.5 Å². The van der Waals surface area contributed by atoms with E-state index < -0.39 is 5.97 Å². The Hall–Kier alpha value is -2.93. The zero-order chi connectivity index (χ0) is 16.4. The van der Waals surface area contributed by atoms with Crippen molar-refractivity contribution < 1.29 is 15.0 Å². The summed E-state index contributed by atoms with van der Waals surface area (Å²) in [4.78, 5) is 15.5. The first kappa shape index (κ1) is 15.0. The van der Waals surface area contributed by atoms with Gasteiger partial charge in [-0.25, -0.2) is 14.3 Å². The maximum absolute atomic E-state index is 11.3. The van der Waals surface area contributed by atoms with Crippen LogP contribution in [0.3, 0.4) is 0 Å². The molecule has 0 radical (unpaired) electrons. The average Bonchev–Trinajstić information content (AvgIpc) is 2.91. The van der Waals surface area contributed by atoms with Crippen LogP contribution in [-0.2, 0) is 0 Å². The minimum absolute atomic E-state index is 0.119. The number of aliphatic hydroxyl groups excluding tert-OH is 1. The molecule has 2 aromatic heterocycles. The standard InChI is InChI=1S/C16H16N4O3/c1-10-12(16(22)23)7-20-14(10)15(17-9-18-20)19-13(8-21)11-5-3-2-4-6-11/h2-7,9,13,21H,8H2,1H3,(H,22,23)(H,17,18,19)/t13-/m1/s1. The molecule has 0 unspecified atom stereocenters. The van der Waals surface area contributed by atoms with Crippen LogP contribution >= 0.6 is 0 Å². The number of carboxylic acids is 1. The summed E-state index contributed by atoms with van der Waals surface area (Å²) in [6.07, 6.45) is 2.80. The third-order valence-corrected chi connectivity index (χ3v) is 3.75. The van der Waals surface area contributed by atoms with E-state index in [0.29, 0.717) is 16.9 Å². The highest BCUT2D eigenvalue weighted by Gasteiger charge is 2.19. The van der Waals surface area contributed by atoms with Crippen molar-refractivity contribution in [2.45, 2.75) is 13.0 Å². The highest BCUT2D eigenvalue weighted by atomic mass is 16.4. The van der Waals surface area contributed by atoms with E-state index in [-0.39, 0.29) is 18.2 Å². The molecule has 1 aromatic carbocycles. The highest BCUT2D eigenvalue weighted by molar-refractivity contribution is 5.93. The molecule has 0 aliphatic carbocycles. The summed E-state index contributed by atoms with van der Waals surface area (Å²) in [7, 11) is 0. The van der Waals surface area contributed by atoms with Crippen molar-refractivity contribution in [3.63, 3.8) is 0 Å². The Kier molecular flexibility index (Phi) is 3.94. The van der Waals surface area contributed by atoms with Crippen LogP contribution in [0.1, 0.15) is 27.5 Å². The second-order valence-corrected chi connectivity index (χ2v) is 5.16. The molecule has 23 heavy (non-hydrogen) atoms. The molecule has 0 saturated carbocycles. The Balaban J connectivity index is 2.04. The van der Waals surface area contributed by atoms with Crippen molar-refractivity contribution in [1.82, 2.24) is 14.6 Å². The van der Waals surface area contributed by atoms with Crippen molar-refractivity contribution in [2.75, 3.05) is 11.9 Å². The van der Waals surface area contributed by atoms with E-state index in [1.54, 1.807) is 6.92 Å². The van der Waals surface area contributed by atoms with Crippen LogP contribution in [0.2, 0.25) is 0 Å². The smallest absolute Gasteiger partial charge is 0.337 e. The predicted octanol–water partition coefficient (Wildman–Crippen LogP) is 1.88. The second-order valence-electron chi connectivity index (χ2n) is 5.16. The molecular formula is C16H16N4O3. The molecule has 0 bridgehead atoms. The number of anilines is 1. The van der Waals surface area contributed by atoms with E-state index in [4.69, 9.17) is 0 Å². The lowest BCUT2D eigenvalue weighted by atomic mass is 10.1. The first-order valence-corrected chi connectivity index (χ1v) is 7.10. The van der Waals surface area contributed by atoms with E-state index in [0.717, 1.165) is 5.56 Å². The van der Waals surface area contributed by atoms with Gasteiger partial charge in [-0.2, -0.15) is 5.10 Å². The number of aliphatic hydroxyl groups is 1. The van der Waals surface area contributed by atoms with Crippen molar-refractivity contribution in [2.24, 2.45) is 0 Å². The fourth-order valence-corrected chi connectivity index (χ4v) is 2.57. The summed E-state index contributed by atoms with van der Waals surface area (Å²) >= 11 is 0. The van der Waals surface area contributed by atoms with E-state index in [9.17, 15) is 15.0 Å². The largest absolute Gasteiger partial charge is 0.478 e. The van der Waals surface area contributed by atoms with E-state index in [1.165, 1.54) is 17.0 Å². The van der Waals surface area contributed by atoms with Gasteiger partial charge in [0.1, 0.15) is 11.8 Å². The lowest BCUT2D eigenvalue weighted by molar-refractivity contribution is 0.0696. The molecular weight excluding hydrogens is 296 g/mol. The Morgan fingerprint density at radius 1 is 1.35 bits per heavy atom. The molecule has 3 rings (SSSR count). The van der Waals surface area contributed by atoms with Crippen LogP contribution in [0.4, 0.5) is 5.82 Å². The van der Waals surface area contributed by atoms with Gasteiger partial charge in [-0.3, -0.25) is 0 Å². The number of benzene rings is 1. The summed E-state index contributed by atoms with van der Waals surface area (Å²) in [5, 5.41) is 26.1. The summed E-state index contributed by atoms with van der Waals surface area (Å²) in [5.74, 6) is -0.534. The van der Waals surface area contributed by atoms with E-state index in [1.807, 2.05) is 30.3 Å². The SMILES string of the molecule is Cc1c(C(=O)O)cn2ncnc(N[C@H](CO)c3ccccc3)c12. The average molecular weight is 312 g/mol. The fourth-order valence-electron chi connectivity index (χ4n) is 2.57. The molecule has 3 N–H and O–H groups in total. The number of aromatic carboxylic acids is 1. The normalized spacial score (nSPS) is 12.3. The number of aromatic nitrogens is 3. The number of hydrogen-bond donors (Lipinski definition) is 3. The van der Waals surface area contributed by atoms with E-state index >= 15 is 0 Å². The number of aryl methyl sites for hydroxylation is 1. The molecule has 0 fully saturated rings. The molecule has 7 nitrogen and oxygen atoms in total. The zero-order valence-electron chi connectivity index (χ0n) is 12.5. The maximum atomic E-state index is 11.3. The quantitative estimate of drug-likeness (QED) is 0.665. The van der Waals surface area contributed by atoms with Crippen molar-refractivity contribution in [1.29, 1.82) is 0 Å². The molecule has 2 heterocycles. The van der Waals surface area contributed by atoms with Gasteiger partial charge in [0.15, 0.2) is 5.82 Å². The summed E-state index contributed by atoms with van der Waals surface area (Å²) in [6.45, 7) is 1.59. The van der Waals surface area contributed by atoms with Crippen molar-refractivity contribution >= 4 is 17.3 Å². The summed E-state index contributed by atoms with van der Waals surface area (Å²) in [5.41, 5.74) is 2.24. The second kappa shape index (κ2) is 6.05. The zero-order valence-corrected chi connectivity index (χ0v) is 12.5. The van der Waals surface area contributed by atoms with Gasteiger partial charge in [-0.1, -0.05) is 30.3 Å². The van der Waals surface area contributed by atoms with Crippen LogP contribution in [0.25, 0.3) is 5.52 Å². The number of carbonyl (C=O) groups is 1. The Labute approximate surface area is 132 Å². The lowest BCUT2D eigenvalue weighted by Gasteiger charge is -2.18. The van der Waals surface area contributed by atoms with Gasteiger partial charge in [0.2, 0.25) is 0 Å².